The molecule has 1 amide bonds. The van der Waals surface area contributed by atoms with E-state index in [-0.39, 0.29) is 5.91 Å². The number of halogens is 4. The zero-order valence-electron chi connectivity index (χ0n) is 21.8. The summed E-state index contributed by atoms with van der Waals surface area (Å²) < 4.78 is 37.6. The second-order valence-electron chi connectivity index (χ2n) is 8.63. The first-order valence-corrected chi connectivity index (χ1v) is 12.6. The lowest BCUT2D eigenvalue weighted by Crippen LogP contribution is -2.22. The van der Waals surface area contributed by atoms with E-state index in [1.807, 2.05) is 42.5 Å². The molecule has 4 aromatic rings. The second-order valence-corrected chi connectivity index (χ2v) is 9.01. The molecular formula is C28H28ClF3N4O4. The van der Waals surface area contributed by atoms with E-state index in [4.69, 9.17) is 26.2 Å². The number of aromatic amines is 1. The molecule has 2 aromatic heterocycles. The summed E-state index contributed by atoms with van der Waals surface area (Å²) in [5.41, 5.74) is 4.29. The number of nitrogens with zero attached hydrogens (tertiary/aromatic N) is 2. The van der Waals surface area contributed by atoms with Gasteiger partial charge < -0.3 is 20.1 Å². The largest absolute Gasteiger partial charge is 0.490 e. The second kappa shape index (κ2) is 13.8. The van der Waals surface area contributed by atoms with Crippen molar-refractivity contribution in [2.45, 2.75) is 33.2 Å². The van der Waals surface area contributed by atoms with Gasteiger partial charge in [-0.15, -0.1) is 0 Å². The highest BCUT2D eigenvalue weighted by atomic mass is 35.5. The van der Waals surface area contributed by atoms with Gasteiger partial charge in [-0.3, -0.25) is 9.69 Å². The number of hydrogen-bond acceptors (Lipinski definition) is 5. The number of benzene rings is 2. The summed E-state index contributed by atoms with van der Waals surface area (Å²) >= 11 is 5.82. The van der Waals surface area contributed by atoms with E-state index in [1.54, 1.807) is 12.3 Å². The van der Waals surface area contributed by atoms with Gasteiger partial charge in [0.2, 0.25) is 0 Å². The van der Waals surface area contributed by atoms with Crippen molar-refractivity contribution < 1.29 is 32.6 Å². The Morgan fingerprint density at radius 1 is 1.02 bits per heavy atom. The maximum absolute atomic E-state index is 12.8. The molecule has 0 saturated heterocycles. The number of alkyl halides is 3. The highest BCUT2D eigenvalue weighted by molar-refractivity contribution is 6.29. The summed E-state index contributed by atoms with van der Waals surface area (Å²) in [7, 11) is 0. The first-order chi connectivity index (χ1) is 19.0. The Bertz CT molecular complexity index is 1420. The first kappa shape index (κ1) is 30.5. The number of carboxylic acids is 1. The maximum atomic E-state index is 12.8. The number of nitrogens with one attached hydrogen (secondary N) is 2. The summed E-state index contributed by atoms with van der Waals surface area (Å²) in [4.78, 5) is 31.2. The molecule has 0 saturated carbocycles. The van der Waals surface area contributed by atoms with Crippen molar-refractivity contribution in [3.8, 4) is 5.75 Å². The van der Waals surface area contributed by atoms with Crippen LogP contribution in [0.25, 0.3) is 10.9 Å². The van der Waals surface area contributed by atoms with Gasteiger partial charge in [-0.05, 0) is 61.1 Å². The lowest BCUT2D eigenvalue weighted by Gasteiger charge is -2.18. The van der Waals surface area contributed by atoms with E-state index in [1.165, 1.54) is 5.56 Å². The van der Waals surface area contributed by atoms with Gasteiger partial charge in [-0.25, -0.2) is 9.78 Å². The fraction of sp³-hybridized carbons (Fsp3) is 0.250. The summed E-state index contributed by atoms with van der Waals surface area (Å²) in [5.74, 6) is -2.22. The number of anilines is 1. The number of aromatic nitrogens is 2. The Hall–Kier alpha value is -4.09. The van der Waals surface area contributed by atoms with Crippen molar-refractivity contribution in [2.75, 3.05) is 18.4 Å². The van der Waals surface area contributed by atoms with Crippen LogP contribution >= 0.6 is 11.6 Å². The van der Waals surface area contributed by atoms with Crippen molar-refractivity contribution in [1.29, 1.82) is 0 Å². The maximum Gasteiger partial charge on any atom is 0.490 e. The number of rotatable bonds is 9. The molecule has 0 atom stereocenters. The number of H-pyrrole nitrogens is 1. The summed E-state index contributed by atoms with van der Waals surface area (Å²) in [6.07, 6.45) is -3.39. The molecule has 0 fully saturated rings. The molecule has 0 aliphatic rings. The highest BCUT2D eigenvalue weighted by Gasteiger charge is 2.38. The van der Waals surface area contributed by atoms with Crippen LogP contribution in [0.5, 0.6) is 5.75 Å². The summed E-state index contributed by atoms with van der Waals surface area (Å²) in [6, 6.07) is 19.1. The van der Waals surface area contributed by atoms with Crippen LogP contribution in [-0.2, 0) is 17.9 Å². The summed E-state index contributed by atoms with van der Waals surface area (Å²) in [5, 5.41) is 11.4. The van der Waals surface area contributed by atoms with Crippen LogP contribution in [0.4, 0.5) is 18.9 Å². The van der Waals surface area contributed by atoms with Crippen molar-refractivity contribution in [2.24, 2.45) is 0 Å². The molecule has 0 unspecified atom stereocenters. The molecule has 0 radical (unpaired) electrons. The Morgan fingerprint density at radius 2 is 1.68 bits per heavy atom. The number of ether oxygens (including phenoxy) is 1. The minimum atomic E-state index is -5.08. The Kier molecular flexibility index (Phi) is 10.5. The van der Waals surface area contributed by atoms with Gasteiger partial charge in [0.1, 0.15) is 23.2 Å². The topological polar surface area (TPSA) is 108 Å². The quantitative estimate of drug-likeness (QED) is 0.196. The summed E-state index contributed by atoms with van der Waals surface area (Å²) in [6.45, 7) is 7.64. The minimum absolute atomic E-state index is 0.183. The van der Waals surface area contributed by atoms with Crippen LogP contribution in [-0.4, -0.2) is 51.1 Å². The van der Waals surface area contributed by atoms with Crippen molar-refractivity contribution in [3.05, 3.63) is 88.8 Å². The Balaban J connectivity index is 0.000000559. The average Bonchev–Trinajstić information content (AvgIpc) is 3.36. The van der Waals surface area contributed by atoms with Crippen molar-refractivity contribution in [1.82, 2.24) is 14.9 Å². The van der Waals surface area contributed by atoms with Gasteiger partial charge >= 0.3 is 12.1 Å². The van der Waals surface area contributed by atoms with Crippen molar-refractivity contribution >= 4 is 40.1 Å². The Labute approximate surface area is 233 Å². The average molecular weight is 577 g/mol. The van der Waals surface area contributed by atoms with Gasteiger partial charge in [0.05, 0.1) is 0 Å². The van der Waals surface area contributed by atoms with E-state index in [9.17, 15) is 18.0 Å². The standard InChI is InChI=1S/C26H27ClN4O2.C2HF3O2/c1-3-31(4-2)16-18-5-8-21(9-6-18)29-26(32)24-14-20-13-22(10-11-23(20)30-24)33-17-19-7-12-25(27)28-15-19;3-2(4,5)1(6)7/h5-15,30H,3-4,16-17H2,1-2H3,(H,29,32);(H,6,7). The third-order valence-corrected chi connectivity index (χ3v) is 6.01. The van der Waals surface area contributed by atoms with Gasteiger partial charge in [-0.2, -0.15) is 13.2 Å². The van der Waals surface area contributed by atoms with Gasteiger partial charge in [0.15, 0.2) is 0 Å². The molecule has 212 valence electrons. The predicted octanol–water partition coefficient (Wildman–Crippen LogP) is 6.52. The molecular weight excluding hydrogens is 549 g/mol. The van der Waals surface area contributed by atoms with Crippen molar-refractivity contribution in [3.63, 3.8) is 0 Å². The smallest absolute Gasteiger partial charge is 0.489 e. The molecule has 0 spiro atoms. The highest BCUT2D eigenvalue weighted by Crippen LogP contribution is 2.23. The molecule has 0 aliphatic carbocycles. The normalized spacial score (nSPS) is 11.2. The zero-order chi connectivity index (χ0) is 29.3. The number of amides is 1. The molecule has 2 heterocycles. The fourth-order valence-electron chi connectivity index (χ4n) is 3.58. The van der Waals surface area contributed by atoms with Crippen LogP contribution in [0.3, 0.4) is 0 Å². The third kappa shape index (κ3) is 8.99. The van der Waals surface area contributed by atoms with E-state index in [2.05, 4.69) is 46.2 Å². The zero-order valence-corrected chi connectivity index (χ0v) is 22.5. The monoisotopic (exact) mass is 576 g/mol. The SMILES string of the molecule is CCN(CC)Cc1ccc(NC(=O)c2cc3cc(OCc4ccc(Cl)nc4)ccc3[nH]2)cc1.O=C(O)C(F)(F)F. The third-order valence-electron chi connectivity index (χ3n) is 5.79. The molecule has 3 N–H and O–H groups in total. The first-order valence-electron chi connectivity index (χ1n) is 12.3. The molecule has 4 rings (SSSR count). The fourth-order valence-corrected chi connectivity index (χ4v) is 3.69. The van der Waals surface area contributed by atoms with Crippen LogP contribution < -0.4 is 10.1 Å². The number of carbonyl (C=O) groups is 2. The molecule has 40 heavy (non-hydrogen) atoms. The molecule has 2 aromatic carbocycles. The van der Waals surface area contributed by atoms with E-state index in [0.29, 0.717) is 23.2 Å². The number of carboxylic acid groups (broad SMARTS) is 1. The van der Waals surface area contributed by atoms with Crippen LogP contribution in [0.1, 0.15) is 35.5 Å². The number of fused-ring (bicyclic) bond motifs is 1. The number of aliphatic carboxylic acids is 1. The molecule has 12 heteroatoms. The number of carbonyl (C=O) groups excluding carboxylic acids is 1. The molecule has 0 aliphatic heterocycles. The van der Waals surface area contributed by atoms with E-state index >= 15 is 0 Å². The Morgan fingerprint density at radius 3 is 2.25 bits per heavy atom. The van der Waals surface area contributed by atoms with Crippen LogP contribution in [0.2, 0.25) is 5.15 Å². The van der Waals surface area contributed by atoms with E-state index in [0.717, 1.165) is 41.8 Å². The molecule has 8 nitrogen and oxygen atoms in total. The number of hydrogen-bond donors (Lipinski definition) is 3. The lowest BCUT2D eigenvalue weighted by atomic mass is 10.2. The van der Waals surface area contributed by atoms with Crippen LogP contribution in [0.15, 0.2) is 66.9 Å². The van der Waals surface area contributed by atoms with Gasteiger partial charge in [0.25, 0.3) is 5.91 Å². The lowest BCUT2D eigenvalue weighted by molar-refractivity contribution is -0.192. The van der Waals surface area contributed by atoms with E-state index < -0.39 is 12.1 Å². The van der Waals surface area contributed by atoms with Gasteiger partial charge in [-0.1, -0.05) is 43.6 Å². The van der Waals surface area contributed by atoms with Crippen LogP contribution in [0, 0.1) is 0 Å². The minimum Gasteiger partial charge on any atom is -0.489 e. The van der Waals surface area contributed by atoms with Gasteiger partial charge in [0, 0.05) is 34.9 Å². The number of pyridine rings is 1. The predicted molar refractivity (Wildman–Crippen MR) is 147 cm³/mol. The molecule has 0 bridgehead atoms.